The van der Waals surface area contributed by atoms with Crippen LogP contribution >= 0.6 is 11.3 Å². The summed E-state index contributed by atoms with van der Waals surface area (Å²) in [4.78, 5) is 7.63. The monoisotopic (exact) mass is 292 g/mol. The summed E-state index contributed by atoms with van der Waals surface area (Å²) in [6.07, 6.45) is 1.94. The van der Waals surface area contributed by atoms with Gasteiger partial charge in [-0.15, -0.1) is 0 Å². The van der Waals surface area contributed by atoms with Gasteiger partial charge in [0.2, 0.25) is 0 Å². The van der Waals surface area contributed by atoms with Crippen LogP contribution in [0.15, 0.2) is 24.3 Å². The highest BCUT2D eigenvalue weighted by atomic mass is 32.1. The van der Waals surface area contributed by atoms with Crippen molar-refractivity contribution in [3.05, 3.63) is 34.8 Å². The standard InChI is InChI=1S/C15H20N2O2S/c1-4-5-13-14(10-18)20-15(16-13)17(2)11-6-8-12(19-3)9-7-11/h6-9,18H,4-5,10H2,1-3H3. The summed E-state index contributed by atoms with van der Waals surface area (Å²) < 4.78 is 5.16. The zero-order chi connectivity index (χ0) is 14.5. The van der Waals surface area contributed by atoms with Gasteiger partial charge in [0.1, 0.15) is 5.75 Å². The van der Waals surface area contributed by atoms with Crippen LogP contribution in [0.25, 0.3) is 0 Å². The van der Waals surface area contributed by atoms with E-state index in [0.717, 1.165) is 40.0 Å². The van der Waals surface area contributed by atoms with Crippen LogP contribution in [0.1, 0.15) is 23.9 Å². The highest BCUT2D eigenvalue weighted by Gasteiger charge is 2.14. The van der Waals surface area contributed by atoms with E-state index >= 15 is 0 Å². The highest BCUT2D eigenvalue weighted by molar-refractivity contribution is 7.15. The van der Waals surface area contributed by atoms with Crippen molar-refractivity contribution in [2.45, 2.75) is 26.4 Å². The molecule has 0 saturated heterocycles. The van der Waals surface area contributed by atoms with Gasteiger partial charge in [-0.05, 0) is 30.7 Å². The van der Waals surface area contributed by atoms with Crippen molar-refractivity contribution >= 4 is 22.2 Å². The first kappa shape index (κ1) is 14.8. The fraction of sp³-hybridized carbons (Fsp3) is 0.400. The third kappa shape index (κ3) is 3.11. The molecular formula is C15H20N2O2S. The Morgan fingerprint density at radius 1 is 1.30 bits per heavy atom. The molecule has 0 unspecified atom stereocenters. The van der Waals surface area contributed by atoms with Crippen molar-refractivity contribution in [1.29, 1.82) is 0 Å². The molecule has 4 nitrogen and oxygen atoms in total. The van der Waals surface area contributed by atoms with Gasteiger partial charge in [0, 0.05) is 12.7 Å². The number of aliphatic hydroxyl groups is 1. The quantitative estimate of drug-likeness (QED) is 0.886. The summed E-state index contributed by atoms with van der Waals surface area (Å²) in [5, 5.41) is 10.3. The lowest BCUT2D eigenvalue weighted by Crippen LogP contribution is -2.09. The van der Waals surface area contributed by atoms with Crippen LogP contribution in [-0.4, -0.2) is 24.2 Å². The molecule has 0 radical (unpaired) electrons. The van der Waals surface area contributed by atoms with Crippen LogP contribution in [0.2, 0.25) is 0 Å². The lowest BCUT2D eigenvalue weighted by atomic mass is 10.2. The number of hydrogen-bond acceptors (Lipinski definition) is 5. The molecule has 2 rings (SSSR count). The van der Waals surface area contributed by atoms with Gasteiger partial charge in [0.25, 0.3) is 0 Å². The van der Waals surface area contributed by atoms with Crippen LogP contribution < -0.4 is 9.64 Å². The van der Waals surface area contributed by atoms with E-state index in [-0.39, 0.29) is 6.61 Å². The molecule has 1 aromatic heterocycles. The smallest absolute Gasteiger partial charge is 0.190 e. The molecule has 0 amide bonds. The molecule has 0 fully saturated rings. The predicted molar refractivity (Wildman–Crippen MR) is 83.1 cm³/mol. The Balaban J connectivity index is 2.25. The first-order valence-corrected chi connectivity index (χ1v) is 7.48. The molecule has 1 N–H and O–H groups in total. The van der Waals surface area contributed by atoms with E-state index in [9.17, 15) is 5.11 Å². The molecule has 1 heterocycles. The molecule has 20 heavy (non-hydrogen) atoms. The van der Waals surface area contributed by atoms with Gasteiger partial charge in [-0.3, -0.25) is 0 Å². The Bertz CT molecular complexity index is 552. The number of thiazole rings is 1. The lowest BCUT2D eigenvalue weighted by molar-refractivity contribution is 0.284. The van der Waals surface area contributed by atoms with Crippen molar-refractivity contribution in [1.82, 2.24) is 4.98 Å². The number of aryl methyl sites for hydroxylation is 1. The fourth-order valence-corrected chi connectivity index (χ4v) is 2.93. The Labute approximate surface area is 123 Å². The third-order valence-electron chi connectivity index (χ3n) is 3.14. The Kier molecular flexibility index (Phi) is 4.98. The maximum Gasteiger partial charge on any atom is 0.190 e. The Hall–Kier alpha value is -1.59. The number of nitrogens with zero attached hydrogens (tertiary/aromatic N) is 2. The van der Waals surface area contributed by atoms with Crippen LogP contribution in [0.5, 0.6) is 5.75 Å². The molecule has 0 aliphatic heterocycles. The van der Waals surface area contributed by atoms with E-state index in [1.54, 1.807) is 18.4 Å². The average molecular weight is 292 g/mol. The molecule has 0 aliphatic rings. The van der Waals surface area contributed by atoms with Crippen LogP contribution in [0.3, 0.4) is 0 Å². The maximum atomic E-state index is 9.41. The summed E-state index contributed by atoms with van der Waals surface area (Å²) in [5.74, 6) is 0.837. The summed E-state index contributed by atoms with van der Waals surface area (Å²) in [7, 11) is 3.64. The van der Waals surface area contributed by atoms with Crippen LogP contribution in [0.4, 0.5) is 10.8 Å². The van der Waals surface area contributed by atoms with E-state index in [0.29, 0.717) is 0 Å². The molecule has 0 aliphatic carbocycles. The Morgan fingerprint density at radius 3 is 2.55 bits per heavy atom. The van der Waals surface area contributed by atoms with Crippen LogP contribution in [0, 0.1) is 0 Å². The molecule has 1 aromatic carbocycles. The SMILES string of the molecule is CCCc1nc(N(C)c2ccc(OC)cc2)sc1CO. The number of ether oxygens (including phenoxy) is 1. The van der Waals surface area contributed by atoms with E-state index in [2.05, 4.69) is 11.9 Å². The minimum absolute atomic E-state index is 0.0590. The minimum Gasteiger partial charge on any atom is -0.497 e. The van der Waals surface area contributed by atoms with Crippen molar-refractivity contribution in [2.24, 2.45) is 0 Å². The number of anilines is 2. The summed E-state index contributed by atoms with van der Waals surface area (Å²) in [5.41, 5.74) is 2.06. The minimum atomic E-state index is 0.0590. The molecule has 108 valence electrons. The number of aromatic nitrogens is 1. The summed E-state index contributed by atoms with van der Waals surface area (Å²) in [6, 6.07) is 7.86. The van der Waals surface area contributed by atoms with Crippen molar-refractivity contribution in [2.75, 3.05) is 19.1 Å². The first-order chi connectivity index (χ1) is 9.69. The van der Waals surface area contributed by atoms with Gasteiger partial charge in [0.15, 0.2) is 5.13 Å². The van der Waals surface area contributed by atoms with Crippen molar-refractivity contribution < 1.29 is 9.84 Å². The van der Waals surface area contributed by atoms with Gasteiger partial charge in [-0.1, -0.05) is 24.7 Å². The predicted octanol–water partition coefficient (Wildman–Crippen LogP) is 3.36. The molecule has 0 atom stereocenters. The largest absolute Gasteiger partial charge is 0.497 e. The van der Waals surface area contributed by atoms with E-state index in [4.69, 9.17) is 4.74 Å². The second-order valence-electron chi connectivity index (χ2n) is 4.53. The molecule has 0 spiro atoms. The zero-order valence-corrected chi connectivity index (χ0v) is 12.9. The number of methoxy groups -OCH3 is 1. The molecular weight excluding hydrogens is 272 g/mol. The van der Waals surface area contributed by atoms with Gasteiger partial charge < -0.3 is 14.7 Å². The van der Waals surface area contributed by atoms with E-state index in [1.165, 1.54) is 0 Å². The first-order valence-electron chi connectivity index (χ1n) is 6.66. The average Bonchev–Trinajstić information content (AvgIpc) is 2.90. The van der Waals surface area contributed by atoms with Gasteiger partial charge in [0.05, 0.1) is 24.3 Å². The topological polar surface area (TPSA) is 45.6 Å². The zero-order valence-electron chi connectivity index (χ0n) is 12.1. The van der Waals surface area contributed by atoms with E-state index in [1.807, 2.05) is 36.2 Å². The summed E-state index contributed by atoms with van der Waals surface area (Å²) in [6.45, 7) is 2.18. The number of hydrogen-bond donors (Lipinski definition) is 1. The second-order valence-corrected chi connectivity index (χ2v) is 5.59. The maximum absolute atomic E-state index is 9.41. The van der Waals surface area contributed by atoms with Gasteiger partial charge >= 0.3 is 0 Å². The number of benzene rings is 1. The Morgan fingerprint density at radius 2 is 2.00 bits per heavy atom. The molecule has 5 heteroatoms. The van der Waals surface area contributed by atoms with Crippen molar-refractivity contribution in [3.8, 4) is 5.75 Å². The van der Waals surface area contributed by atoms with Crippen molar-refractivity contribution in [3.63, 3.8) is 0 Å². The van der Waals surface area contributed by atoms with E-state index < -0.39 is 0 Å². The fourth-order valence-electron chi connectivity index (χ4n) is 1.99. The second kappa shape index (κ2) is 6.72. The van der Waals surface area contributed by atoms with Gasteiger partial charge in [-0.25, -0.2) is 4.98 Å². The molecule has 0 bridgehead atoms. The van der Waals surface area contributed by atoms with Crippen LogP contribution in [-0.2, 0) is 13.0 Å². The summed E-state index contributed by atoms with van der Waals surface area (Å²) >= 11 is 1.55. The lowest BCUT2D eigenvalue weighted by Gasteiger charge is -2.16. The number of rotatable bonds is 6. The normalized spacial score (nSPS) is 10.6. The molecule has 0 saturated carbocycles. The highest BCUT2D eigenvalue weighted by Crippen LogP contribution is 2.31. The third-order valence-corrected chi connectivity index (χ3v) is 4.30. The number of aliphatic hydroxyl groups excluding tert-OH is 1. The van der Waals surface area contributed by atoms with Gasteiger partial charge in [-0.2, -0.15) is 0 Å². The molecule has 2 aromatic rings.